The van der Waals surface area contributed by atoms with Crippen LogP contribution < -0.4 is 10.5 Å². The van der Waals surface area contributed by atoms with Gasteiger partial charge >= 0.3 is 0 Å². The Kier molecular flexibility index (Phi) is 6.60. The summed E-state index contributed by atoms with van der Waals surface area (Å²) in [5.74, 6) is 0.787. The highest BCUT2D eigenvalue weighted by molar-refractivity contribution is 9.10. The van der Waals surface area contributed by atoms with Crippen LogP contribution >= 0.6 is 15.9 Å². The predicted octanol–water partition coefficient (Wildman–Crippen LogP) is 2.70. The number of H-pyrrole nitrogens is 1. The number of rotatable bonds is 8. The topological polar surface area (TPSA) is 98.5 Å². The van der Waals surface area contributed by atoms with Crippen LogP contribution in [0.4, 0.5) is 5.95 Å². The molecule has 2 aromatic heterocycles. The zero-order valence-electron chi connectivity index (χ0n) is 16.1. The summed E-state index contributed by atoms with van der Waals surface area (Å²) in [5.41, 5.74) is 8.43. The number of nitrogens with zero attached hydrogens (tertiary/aromatic N) is 3. The van der Waals surface area contributed by atoms with Crippen LogP contribution in [-0.4, -0.2) is 72.5 Å². The lowest BCUT2D eigenvalue weighted by Gasteiger charge is -2.26. The molecule has 3 N–H and O–H groups in total. The van der Waals surface area contributed by atoms with E-state index in [2.05, 4.69) is 35.8 Å². The number of ether oxygens (including phenoxy) is 3. The van der Waals surface area contributed by atoms with E-state index < -0.39 is 0 Å². The van der Waals surface area contributed by atoms with Crippen molar-refractivity contribution in [3.05, 3.63) is 35.1 Å². The molecule has 1 aromatic carbocycles. The first-order valence-electron chi connectivity index (χ1n) is 9.61. The first-order valence-corrected chi connectivity index (χ1v) is 10.4. The first kappa shape index (κ1) is 20.1. The molecule has 1 aliphatic heterocycles. The summed E-state index contributed by atoms with van der Waals surface area (Å²) in [5, 5.41) is 1.03. The molecular weight excluding hydrogens is 438 g/mol. The molecule has 4 rings (SSSR count). The van der Waals surface area contributed by atoms with Crippen LogP contribution in [-0.2, 0) is 9.47 Å². The van der Waals surface area contributed by atoms with Crippen molar-refractivity contribution < 1.29 is 14.2 Å². The summed E-state index contributed by atoms with van der Waals surface area (Å²) >= 11 is 3.52. The van der Waals surface area contributed by atoms with Gasteiger partial charge in [0, 0.05) is 46.8 Å². The van der Waals surface area contributed by atoms with Gasteiger partial charge in [-0.05, 0) is 18.2 Å². The van der Waals surface area contributed by atoms with Crippen molar-refractivity contribution in [2.24, 2.45) is 0 Å². The van der Waals surface area contributed by atoms with Gasteiger partial charge in [0.2, 0.25) is 5.95 Å². The fraction of sp³-hybridized carbons (Fsp3) is 0.400. The summed E-state index contributed by atoms with van der Waals surface area (Å²) in [4.78, 5) is 14.1. The Balaban J connectivity index is 1.37. The minimum atomic E-state index is 0.207. The Morgan fingerprint density at radius 3 is 2.93 bits per heavy atom. The summed E-state index contributed by atoms with van der Waals surface area (Å²) in [6.07, 6.45) is 3.52. The van der Waals surface area contributed by atoms with Crippen molar-refractivity contribution in [2.75, 3.05) is 58.4 Å². The molecule has 0 unspecified atom stereocenters. The highest BCUT2D eigenvalue weighted by Gasteiger charge is 2.15. The molecule has 154 valence electrons. The van der Waals surface area contributed by atoms with E-state index in [0.717, 1.165) is 53.8 Å². The molecule has 29 heavy (non-hydrogen) atoms. The van der Waals surface area contributed by atoms with Gasteiger partial charge in [-0.1, -0.05) is 15.9 Å². The van der Waals surface area contributed by atoms with Gasteiger partial charge < -0.3 is 24.9 Å². The van der Waals surface area contributed by atoms with Gasteiger partial charge in [0.1, 0.15) is 12.3 Å². The molecule has 0 spiro atoms. The maximum absolute atomic E-state index is 5.92. The van der Waals surface area contributed by atoms with E-state index in [9.17, 15) is 0 Å². The highest BCUT2D eigenvalue weighted by atomic mass is 79.9. The maximum atomic E-state index is 5.92. The molecule has 3 heterocycles. The minimum absolute atomic E-state index is 0.207. The second kappa shape index (κ2) is 9.53. The van der Waals surface area contributed by atoms with Crippen LogP contribution in [0, 0.1) is 0 Å². The van der Waals surface area contributed by atoms with Gasteiger partial charge in [0.15, 0.2) is 5.75 Å². The first-order chi connectivity index (χ1) is 14.2. The zero-order valence-corrected chi connectivity index (χ0v) is 17.7. The number of nitrogens with one attached hydrogen (secondary N) is 1. The molecule has 1 aliphatic rings. The van der Waals surface area contributed by atoms with Gasteiger partial charge in [-0.25, -0.2) is 9.97 Å². The minimum Gasteiger partial charge on any atom is -0.487 e. The fourth-order valence-electron chi connectivity index (χ4n) is 3.30. The second-order valence-electron chi connectivity index (χ2n) is 6.75. The van der Waals surface area contributed by atoms with E-state index >= 15 is 0 Å². The van der Waals surface area contributed by atoms with E-state index in [1.165, 1.54) is 0 Å². The molecule has 3 aromatic rings. The third kappa shape index (κ3) is 5.05. The van der Waals surface area contributed by atoms with E-state index in [-0.39, 0.29) is 5.95 Å². The number of halogens is 1. The van der Waals surface area contributed by atoms with E-state index in [1.54, 1.807) is 6.20 Å². The van der Waals surface area contributed by atoms with Crippen LogP contribution in [0.3, 0.4) is 0 Å². The van der Waals surface area contributed by atoms with E-state index in [1.807, 2.05) is 24.4 Å². The van der Waals surface area contributed by atoms with Crippen LogP contribution in [0.25, 0.3) is 22.2 Å². The van der Waals surface area contributed by atoms with Gasteiger partial charge in [0.05, 0.1) is 32.6 Å². The number of aromatic nitrogens is 3. The molecule has 0 radical (unpaired) electrons. The average molecular weight is 462 g/mol. The monoisotopic (exact) mass is 461 g/mol. The normalized spacial score (nSPS) is 15.1. The molecule has 0 aliphatic carbocycles. The summed E-state index contributed by atoms with van der Waals surface area (Å²) < 4.78 is 18.0. The molecule has 1 fully saturated rings. The molecule has 1 saturated heterocycles. The van der Waals surface area contributed by atoms with Crippen molar-refractivity contribution >= 4 is 32.8 Å². The van der Waals surface area contributed by atoms with Crippen molar-refractivity contribution in [3.8, 4) is 17.0 Å². The van der Waals surface area contributed by atoms with Crippen molar-refractivity contribution in [2.45, 2.75) is 0 Å². The fourth-order valence-corrected chi connectivity index (χ4v) is 3.66. The number of benzene rings is 1. The Hall–Kier alpha value is -2.20. The third-order valence-corrected chi connectivity index (χ3v) is 5.31. The maximum Gasteiger partial charge on any atom is 0.220 e. The lowest BCUT2D eigenvalue weighted by molar-refractivity contribution is 0.0170. The van der Waals surface area contributed by atoms with Gasteiger partial charge in [-0.3, -0.25) is 4.90 Å². The lowest BCUT2D eigenvalue weighted by atomic mass is 10.1. The number of nitrogen functional groups attached to an aromatic ring is 1. The van der Waals surface area contributed by atoms with Crippen molar-refractivity contribution in [3.63, 3.8) is 0 Å². The molecule has 0 atom stereocenters. The number of anilines is 1. The third-order valence-electron chi connectivity index (χ3n) is 4.81. The number of fused-ring (bicyclic) bond motifs is 1. The van der Waals surface area contributed by atoms with Gasteiger partial charge in [-0.15, -0.1) is 0 Å². The molecule has 8 nitrogen and oxygen atoms in total. The lowest BCUT2D eigenvalue weighted by Crippen LogP contribution is -2.38. The SMILES string of the molecule is Nc1ncc(OCCOCCN2CCOCC2)c(-c2c[nH]c3ccc(Br)cc23)n1. The molecule has 0 amide bonds. The number of hydrogen-bond acceptors (Lipinski definition) is 7. The molecular formula is C20H24BrN5O3. The van der Waals surface area contributed by atoms with Crippen LogP contribution in [0.5, 0.6) is 5.75 Å². The Bertz CT molecular complexity index is 958. The summed E-state index contributed by atoms with van der Waals surface area (Å²) in [6, 6.07) is 6.04. The number of hydrogen-bond donors (Lipinski definition) is 2. The van der Waals surface area contributed by atoms with Gasteiger partial charge in [0.25, 0.3) is 0 Å². The Labute approximate surface area is 177 Å². The van der Waals surface area contributed by atoms with E-state index in [4.69, 9.17) is 19.9 Å². The Morgan fingerprint density at radius 2 is 2.07 bits per heavy atom. The van der Waals surface area contributed by atoms with Crippen LogP contribution in [0.2, 0.25) is 0 Å². The largest absolute Gasteiger partial charge is 0.487 e. The zero-order chi connectivity index (χ0) is 20.1. The van der Waals surface area contributed by atoms with E-state index in [0.29, 0.717) is 31.3 Å². The molecule has 0 bridgehead atoms. The molecule has 9 heteroatoms. The number of aromatic amines is 1. The van der Waals surface area contributed by atoms with Crippen LogP contribution in [0.1, 0.15) is 0 Å². The summed E-state index contributed by atoms with van der Waals surface area (Å²) in [7, 11) is 0. The predicted molar refractivity (Wildman–Crippen MR) is 115 cm³/mol. The number of nitrogens with two attached hydrogens (primary N) is 1. The van der Waals surface area contributed by atoms with Crippen molar-refractivity contribution in [1.82, 2.24) is 19.9 Å². The molecule has 0 saturated carbocycles. The second-order valence-corrected chi connectivity index (χ2v) is 7.66. The smallest absolute Gasteiger partial charge is 0.220 e. The Morgan fingerprint density at radius 1 is 1.21 bits per heavy atom. The quantitative estimate of drug-likeness (QED) is 0.497. The number of morpholine rings is 1. The standard InChI is InChI=1S/C20H24BrN5O3/c21-14-1-2-17-15(11-14)16(12-23-17)19-18(13-24-20(22)25-19)29-10-9-28-8-5-26-3-6-27-7-4-26/h1-2,11-13,23H,3-10H2,(H2,22,24,25). The van der Waals surface area contributed by atoms with Gasteiger partial charge in [-0.2, -0.15) is 0 Å². The average Bonchev–Trinajstić information content (AvgIpc) is 3.15. The summed E-state index contributed by atoms with van der Waals surface area (Å²) in [6.45, 7) is 6.01. The highest BCUT2D eigenvalue weighted by Crippen LogP contribution is 2.34. The van der Waals surface area contributed by atoms with Crippen LogP contribution in [0.15, 0.2) is 35.1 Å². The van der Waals surface area contributed by atoms with Crippen molar-refractivity contribution in [1.29, 1.82) is 0 Å².